The SMILES string of the molecule is CCOC(=O)CCCN1CCC(C2=C(CC)C(c3cnc(-c4ccc(OCC(C)C)c(Cl)c4)nc3)=CCC2C)CC1. The van der Waals surface area contributed by atoms with Crippen molar-refractivity contribution in [1.29, 1.82) is 0 Å². The average Bonchev–Trinajstić information content (AvgIpc) is 2.97. The number of aromatic nitrogens is 2. The number of nitrogens with zero attached hydrogens (tertiary/aromatic N) is 3. The van der Waals surface area contributed by atoms with Crippen LogP contribution in [0.2, 0.25) is 5.02 Å². The van der Waals surface area contributed by atoms with Crippen LogP contribution in [0.25, 0.3) is 17.0 Å². The summed E-state index contributed by atoms with van der Waals surface area (Å²) in [7, 11) is 0. The second kappa shape index (κ2) is 15.0. The molecule has 0 N–H and O–H groups in total. The summed E-state index contributed by atoms with van der Waals surface area (Å²) in [6, 6.07) is 5.75. The van der Waals surface area contributed by atoms with E-state index in [2.05, 4.69) is 38.7 Å². The van der Waals surface area contributed by atoms with Gasteiger partial charge >= 0.3 is 5.97 Å². The van der Waals surface area contributed by atoms with Gasteiger partial charge in [-0.2, -0.15) is 0 Å². The third-order valence-electron chi connectivity index (χ3n) is 8.15. The summed E-state index contributed by atoms with van der Waals surface area (Å²) in [5, 5.41) is 0.575. The van der Waals surface area contributed by atoms with E-state index >= 15 is 0 Å². The molecule has 2 aromatic rings. The topological polar surface area (TPSA) is 64.5 Å². The smallest absolute Gasteiger partial charge is 0.305 e. The lowest BCUT2D eigenvalue weighted by atomic mass is 9.72. The molecule has 1 saturated heterocycles. The maximum Gasteiger partial charge on any atom is 0.305 e. The Morgan fingerprint density at radius 1 is 1.12 bits per heavy atom. The summed E-state index contributed by atoms with van der Waals surface area (Å²) in [4.78, 5) is 23.7. The Bertz CT molecular complexity index is 1230. The molecule has 0 amide bonds. The number of esters is 1. The number of benzene rings is 1. The molecular weight excluding hydrogens is 534 g/mol. The predicted octanol–water partition coefficient (Wildman–Crippen LogP) is 8.02. The molecule has 1 unspecified atom stereocenters. The minimum absolute atomic E-state index is 0.0825. The Kier molecular flexibility index (Phi) is 11.4. The lowest BCUT2D eigenvalue weighted by molar-refractivity contribution is -0.143. The standard InChI is InChI=1S/C34H46ClN3O3/c1-6-28-29(27-20-36-34(37-21-27)26-11-13-31(30(35)19-26)41-22-23(3)4)12-10-24(5)33(28)25-14-17-38(18-15-25)16-8-9-32(39)40-7-2/h11-13,19-21,23-25H,6-10,14-18,22H2,1-5H3. The largest absolute Gasteiger partial charge is 0.492 e. The second-order valence-corrected chi connectivity index (χ2v) is 12.1. The number of carbonyl (C=O) groups is 1. The zero-order valence-electron chi connectivity index (χ0n) is 25.4. The van der Waals surface area contributed by atoms with E-state index in [4.69, 9.17) is 31.0 Å². The number of hydrogen-bond donors (Lipinski definition) is 0. The van der Waals surface area contributed by atoms with E-state index in [1.165, 1.54) is 24.0 Å². The van der Waals surface area contributed by atoms with Gasteiger partial charge in [0.15, 0.2) is 5.82 Å². The summed E-state index contributed by atoms with van der Waals surface area (Å²) >= 11 is 6.50. The van der Waals surface area contributed by atoms with Gasteiger partial charge in [0, 0.05) is 29.9 Å². The first kappa shape index (κ1) is 31.2. The van der Waals surface area contributed by atoms with Crippen molar-refractivity contribution in [3.05, 3.63) is 58.4 Å². The van der Waals surface area contributed by atoms with E-state index in [9.17, 15) is 4.79 Å². The third-order valence-corrected chi connectivity index (χ3v) is 8.44. The van der Waals surface area contributed by atoms with Crippen LogP contribution >= 0.6 is 11.6 Å². The zero-order valence-corrected chi connectivity index (χ0v) is 26.2. The monoisotopic (exact) mass is 579 g/mol. The van der Waals surface area contributed by atoms with Crippen LogP contribution in [0.3, 0.4) is 0 Å². The number of carbonyl (C=O) groups excluding carboxylic acids is 1. The number of hydrogen-bond acceptors (Lipinski definition) is 6. The molecule has 1 aromatic heterocycles. The van der Waals surface area contributed by atoms with E-state index in [0.29, 0.717) is 54.0 Å². The molecule has 2 aliphatic rings. The molecule has 1 aromatic carbocycles. The molecule has 2 heterocycles. The van der Waals surface area contributed by atoms with Crippen LogP contribution in [-0.2, 0) is 9.53 Å². The highest BCUT2D eigenvalue weighted by molar-refractivity contribution is 6.32. The first-order valence-corrected chi connectivity index (χ1v) is 15.7. The van der Waals surface area contributed by atoms with Crippen molar-refractivity contribution in [2.24, 2.45) is 17.8 Å². The molecule has 0 bridgehead atoms. The maximum atomic E-state index is 11.7. The first-order valence-electron chi connectivity index (χ1n) is 15.4. The number of halogens is 1. The molecule has 0 saturated carbocycles. The molecule has 41 heavy (non-hydrogen) atoms. The Morgan fingerprint density at radius 3 is 2.49 bits per heavy atom. The summed E-state index contributed by atoms with van der Waals surface area (Å²) in [5.41, 5.74) is 6.35. The average molecular weight is 580 g/mol. The quantitative estimate of drug-likeness (QED) is 0.237. The van der Waals surface area contributed by atoms with Crippen molar-refractivity contribution < 1.29 is 14.3 Å². The fourth-order valence-corrected chi connectivity index (χ4v) is 6.35. The minimum Gasteiger partial charge on any atom is -0.492 e. The predicted molar refractivity (Wildman–Crippen MR) is 167 cm³/mol. The Balaban J connectivity index is 1.43. The van der Waals surface area contributed by atoms with Gasteiger partial charge < -0.3 is 14.4 Å². The highest BCUT2D eigenvalue weighted by atomic mass is 35.5. The second-order valence-electron chi connectivity index (χ2n) is 11.7. The molecule has 4 rings (SSSR count). The molecule has 1 aliphatic heterocycles. The molecule has 0 radical (unpaired) electrons. The Morgan fingerprint density at radius 2 is 1.85 bits per heavy atom. The van der Waals surface area contributed by atoms with Gasteiger partial charge in [0.25, 0.3) is 0 Å². The van der Waals surface area contributed by atoms with Crippen LogP contribution in [-0.4, -0.2) is 53.7 Å². The van der Waals surface area contributed by atoms with Crippen LogP contribution in [0.5, 0.6) is 5.75 Å². The van der Waals surface area contributed by atoms with Crippen molar-refractivity contribution in [3.8, 4) is 17.1 Å². The van der Waals surface area contributed by atoms with E-state index in [1.54, 1.807) is 5.57 Å². The molecule has 6 nitrogen and oxygen atoms in total. The number of piperidine rings is 1. The highest BCUT2D eigenvalue weighted by Crippen LogP contribution is 2.43. The van der Waals surface area contributed by atoms with Crippen molar-refractivity contribution >= 4 is 23.1 Å². The van der Waals surface area contributed by atoms with Crippen molar-refractivity contribution in [2.45, 2.75) is 73.1 Å². The first-order chi connectivity index (χ1) is 19.8. The lowest BCUT2D eigenvalue weighted by Gasteiger charge is -2.38. The van der Waals surface area contributed by atoms with Gasteiger partial charge in [0.2, 0.25) is 0 Å². The van der Waals surface area contributed by atoms with Gasteiger partial charge in [-0.3, -0.25) is 4.79 Å². The minimum atomic E-state index is -0.0825. The summed E-state index contributed by atoms with van der Waals surface area (Å²) < 4.78 is 10.9. The maximum absolute atomic E-state index is 11.7. The lowest BCUT2D eigenvalue weighted by Crippen LogP contribution is -2.36. The molecule has 1 fully saturated rings. The molecule has 222 valence electrons. The van der Waals surface area contributed by atoms with Gasteiger partial charge in [-0.1, -0.05) is 50.9 Å². The molecule has 1 aliphatic carbocycles. The van der Waals surface area contributed by atoms with Crippen LogP contribution in [0.15, 0.2) is 47.8 Å². The van der Waals surface area contributed by atoms with Crippen LogP contribution in [0.4, 0.5) is 0 Å². The summed E-state index contributed by atoms with van der Waals surface area (Å²) in [6.07, 6.45) is 12.1. The fraction of sp³-hybridized carbons (Fsp3) is 0.559. The van der Waals surface area contributed by atoms with Crippen LogP contribution in [0.1, 0.15) is 78.7 Å². The van der Waals surface area contributed by atoms with E-state index < -0.39 is 0 Å². The number of allylic oxidation sites excluding steroid dienone is 4. The summed E-state index contributed by atoms with van der Waals surface area (Å²) in [5.74, 6) is 2.85. The van der Waals surface area contributed by atoms with E-state index in [0.717, 1.165) is 50.0 Å². The molecule has 7 heteroatoms. The zero-order chi connectivity index (χ0) is 29.4. The number of rotatable bonds is 12. The van der Waals surface area contributed by atoms with Crippen LogP contribution < -0.4 is 4.74 Å². The normalized spacial score (nSPS) is 18.5. The van der Waals surface area contributed by atoms with Crippen molar-refractivity contribution in [2.75, 3.05) is 32.8 Å². The third kappa shape index (κ3) is 8.20. The van der Waals surface area contributed by atoms with Crippen molar-refractivity contribution in [3.63, 3.8) is 0 Å². The molecule has 1 atom stereocenters. The highest BCUT2D eigenvalue weighted by Gasteiger charge is 2.30. The van der Waals surface area contributed by atoms with Gasteiger partial charge in [0.05, 0.1) is 18.2 Å². The number of likely N-dealkylation sites (tertiary alicyclic amines) is 1. The van der Waals surface area contributed by atoms with E-state index in [1.807, 2.05) is 37.5 Å². The summed E-state index contributed by atoms with van der Waals surface area (Å²) in [6.45, 7) is 15.0. The van der Waals surface area contributed by atoms with E-state index in [-0.39, 0.29) is 5.97 Å². The van der Waals surface area contributed by atoms with Crippen LogP contribution in [0, 0.1) is 17.8 Å². The number of ether oxygens (including phenoxy) is 2. The molecular formula is C34H46ClN3O3. The fourth-order valence-electron chi connectivity index (χ4n) is 6.11. The molecule has 0 spiro atoms. The van der Waals surface area contributed by atoms with Gasteiger partial charge in [-0.15, -0.1) is 0 Å². The Hall–Kier alpha value is -2.70. The van der Waals surface area contributed by atoms with Gasteiger partial charge in [-0.25, -0.2) is 9.97 Å². The van der Waals surface area contributed by atoms with Gasteiger partial charge in [-0.05, 0) is 106 Å². The van der Waals surface area contributed by atoms with Gasteiger partial charge in [0.1, 0.15) is 5.75 Å². The Labute approximate surface area is 251 Å². The van der Waals surface area contributed by atoms with Crippen molar-refractivity contribution in [1.82, 2.24) is 14.9 Å².